The predicted octanol–water partition coefficient (Wildman–Crippen LogP) is -0.685. The molecule has 12 heavy (non-hydrogen) atoms. The van der Waals surface area contributed by atoms with Crippen LogP contribution in [0.4, 0.5) is 0 Å². The quantitative estimate of drug-likeness (QED) is 0.514. The maximum absolute atomic E-state index is 10.5. The van der Waals surface area contributed by atoms with Gasteiger partial charge in [0.1, 0.15) is 6.04 Å². The van der Waals surface area contributed by atoms with Gasteiger partial charge >= 0.3 is 5.97 Å². The van der Waals surface area contributed by atoms with E-state index in [1.165, 1.54) is 6.92 Å². The van der Waals surface area contributed by atoms with Crippen LogP contribution in [0.25, 0.3) is 0 Å². The van der Waals surface area contributed by atoms with Crippen LogP contribution in [0.5, 0.6) is 0 Å². The first kappa shape index (κ1) is 10.9. The van der Waals surface area contributed by atoms with E-state index in [4.69, 9.17) is 10.8 Å². The molecule has 5 heteroatoms. The average molecular weight is 174 g/mol. The van der Waals surface area contributed by atoms with Crippen molar-refractivity contribution in [2.45, 2.75) is 25.8 Å². The van der Waals surface area contributed by atoms with Crippen LogP contribution >= 0.6 is 0 Å². The standard InChI is InChI=1S/C7H14N2O3/c1-5(10)9-6(7(11)12)3-2-4-8/h6H,2-4,8H2,1H3,(H,9,10)(H,11,12). The lowest BCUT2D eigenvalue weighted by Crippen LogP contribution is -2.39. The number of hydrogen-bond donors (Lipinski definition) is 3. The Morgan fingerprint density at radius 2 is 2.17 bits per heavy atom. The van der Waals surface area contributed by atoms with Crippen molar-refractivity contribution in [2.75, 3.05) is 6.54 Å². The monoisotopic (exact) mass is 174 g/mol. The second kappa shape index (κ2) is 5.54. The van der Waals surface area contributed by atoms with Gasteiger partial charge in [0.2, 0.25) is 5.91 Å². The van der Waals surface area contributed by atoms with Gasteiger partial charge < -0.3 is 16.2 Å². The van der Waals surface area contributed by atoms with Crippen LogP contribution in [0.1, 0.15) is 19.8 Å². The largest absolute Gasteiger partial charge is 0.480 e. The number of nitrogens with two attached hydrogens (primary N) is 1. The minimum absolute atomic E-state index is 0.334. The number of hydrogen-bond acceptors (Lipinski definition) is 3. The molecule has 0 fully saturated rings. The van der Waals surface area contributed by atoms with E-state index in [0.29, 0.717) is 19.4 Å². The Labute approximate surface area is 70.9 Å². The highest BCUT2D eigenvalue weighted by atomic mass is 16.4. The highest BCUT2D eigenvalue weighted by molar-refractivity contribution is 5.81. The van der Waals surface area contributed by atoms with Gasteiger partial charge in [-0.2, -0.15) is 0 Å². The summed E-state index contributed by atoms with van der Waals surface area (Å²) in [6.45, 7) is 1.72. The van der Waals surface area contributed by atoms with Gasteiger partial charge in [-0.1, -0.05) is 0 Å². The molecular formula is C7H14N2O3. The molecule has 0 rings (SSSR count). The van der Waals surface area contributed by atoms with Gasteiger partial charge in [-0.3, -0.25) is 4.79 Å². The number of carbonyl (C=O) groups is 2. The summed E-state index contributed by atoms with van der Waals surface area (Å²) >= 11 is 0. The van der Waals surface area contributed by atoms with Crippen molar-refractivity contribution in [1.82, 2.24) is 5.32 Å². The third kappa shape index (κ3) is 4.68. The van der Waals surface area contributed by atoms with Gasteiger partial charge in [-0.25, -0.2) is 4.79 Å². The minimum Gasteiger partial charge on any atom is -0.480 e. The predicted molar refractivity (Wildman–Crippen MR) is 43.5 cm³/mol. The highest BCUT2D eigenvalue weighted by Gasteiger charge is 2.16. The van der Waals surface area contributed by atoms with E-state index in [1.54, 1.807) is 0 Å². The van der Waals surface area contributed by atoms with Crippen molar-refractivity contribution < 1.29 is 14.7 Å². The minimum atomic E-state index is -1.02. The third-order valence-corrected chi connectivity index (χ3v) is 1.37. The summed E-state index contributed by atoms with van der Waals surface area (Å²) in [5.41, 5.74) is 5.20. The first-order valence-electron chi connectivity index (χ1n) is 3.78. The van der Waals surface area contributed by atoms with Crippen LogP contribution < -0.4 is 11.1 Å². The van der Waals surface area contributed by atoms with Crippen LogP contribution in [-0.2, 0) is 9.59 Å². The molecule has 0 radical (unpaired) electrons. The first-order chi connectivity index (χ1) is 5.57. The second-order valence-corrected chi connectivity index (χ2v) is 2.52. The fraction of sp³-hybridized carbons (Fsp3) is 0.714. The number of carboxylic acid groups (broad SMARTS) is 1. The summed E-state index contributed by atoms with van der Waals surface area (Å²) in [7, 11) is 0. The molecule has 0 aromatic heterocycles. The van der Waals surface area contributed by atoms with Crippen molar-refractivity contribution in [2.24, 2.45) is 5.73 Å². The SMILES string of the molecule is CC(=O)NC(CCCN)C(=O)O. The Balaban J connectivity index is 3.87. The van der Waals surface area contributed by atoms with Gasteiger partial charge in [0, 0.05) is 6.92 Å². The molecule has 0 saturated heterocycles. The van der Waals surface area contributed by atoms with Crippen LogP contribution in [-0.4, -0.2) is 29.6 Å². The van der Waals surface area contributed by atoms with Crippen LogP contribution in [0.3, 0.4) is 0 Å². The van der Waals surface area contributed by atoms with E-state index < -0.39 is 12.0 Å². The van der Waals surface area contributed by atoms with Gasteiger partial charge in [-0.05, 0) is 19.4 Å². The van der Waals surface area contributed by atoms with Gasteiger partial charge in [0.25, 0.3) is 0 Å². The van der Waals surface area contributed by atoms with Crippen LogP contribution in [0.2, 0.25) is 0 Å². The zero-order valence-corrected chi connectivity index (χ0v) is 7.04. The van der Waals surface area contributed by atoms with Gasteiger partial charge in [0.15, 0.2) is 0 Å². The molecule has 0 heterocycles. The lowest BCUT2D eigenvalue weighted by atomic mass is 10.1. The number of aliphatic carboxylic acids is 1. The lowest BCUT2D eigenvalue weighted by Gasteiger charge is -2.11. The van der Waals surface area contributed by atoms with E-state index in [2.05, 4.69) is 5.32 Å². The molecular weight excluding hydrogens is 160 g/mol. The summed E-state index contributed by atoms with van der Waals surface area (Å²) in [4.78, 5) is 21.0. The first-order valence-corrected chi connectivity index (χ1v) is 3.78. The zero-order valence-electron chi connectivity index (χ0n) is 7.04. The summed E-state index contributed by atoms with van der Waals surface area (Å²) in [5, 5.41) is 10.9. The third-order valence-electron chi connectivity index (χ3n) is 1.37. The molecule has 1 atom stereocenters. The number of carbonyl (C=O) groups excluding carboxylic acids is 1. The fourth-order valence-corrected chi connectivity index (χ4v) is 0.825. The van der Waals surface area contributed by atoms with E-state index >= 15 is 0 Å². The number of carboxylic acids is 1. The molecule has 0 aromatic rings. The molecule has 0 aliphatic rings. The Hall–Kier alpha value is -1.10. The smallest absolute Gasteiger partial charge is 0.326 e. The molecule has 0 bridgehead atoms. The Bertz CT molecular complexity index is 170. The number of amides is 1. The Morgan fingerprint density at radius 3 is 2.50 bits per heavy atom. The number of nitrogens with one attached hydrogen (secondary N) is 1. The molecule has 0 aromatic carbocycles. The molecule has 1 amide bonds. The van der Waals surface area contributed by atoms with E-state index in [9.17, 15) is 9.59 Å². The molecule has 0 spiro atoms. The van der Waals surface area contributed by atoms with Crippen molar-refractivity contribution in [3.05, 3.63) is 0 Å². The average Bonchev–Trinajstić information content (AvgIpc) is 1.96. The molecule has 0 aliphatic carbocycles. The van der Waals surface area contributed by atoms with Crippen molar-refractivity contribution in [3.8, 4) is 0 Å². The van der Waals surface area contributed by atoms with Crippen molar-refractivity contribution >= 4 is 11.9 Å². The normalized spacial score (nSPS) is 12.2. The molecule has 1 unspecified atom stereocenters. The van der Waals surface area contributed by atoms with Crippen LogP contribution in [0, 0.1) is 0 Å². The van der Waals surface area contributed by atoms with Crippen LogP contribution in [0.15, 0.2) is 0 Å². The molecule has 0 aliphatic heterocycles. The molecule has 4 N–H and O–H groups in total. The Morgan fingerprint density at radius 1 is 1.58 bits per heavy atom. The van der Waals surface area contributed by atoms with E-state index in [1.807, 2.05) is 0 Å². The van der Waals surface area contributed by atoms with E-state index in [0.717, 1.165) is 0 Å². The van der Waals surface area contributed by atoms with Gasteiger partial charge in [0.05, 0.1) is 0 Å². The fourth-order valence-electron chi connectivity index (χ4n) is 0.825. The summed E-state index contributed by atoms with van der Waals surface area (Å²) in [5.74, 6) is -1.35. The zero-order chi connectivity index (χ0) is 9.56. The number of rotatable bonds is 5. The summed E-state index contributed by atoms with van der Waals surface area (Å²) < 4.78 is 0. The maximum Gasteiger partial charge on any atom is 0.326 e. The van der Waals surface area contributed by atoms with Gasteiger partial charge in [-0.15, -0.1) is 0 Å². The summed E-state index contributed by atoms with van der Waals surface area (Å²) in [6.07, 6.45) is 0.975. The second-order valence-electron chi connectivity index (χ2n) is 2.52. The highest BCUT2D eigenvalue weighted by Crippen LogP contribution is 1.95. The van der Waals surface area contributed by atoms with Crippen molar-refractivity contribution in [1.29, 1.82) is 0 Å². The Kier molecular flexibility index (Phi) is 5.03. The topological polar surface area (TPSA) is 92.4 Å². The summed E-state index contributed by atoms with van der Waals surface area (Å²) in [6, 6.07) is -0.800. The van der Waals surface area contributed by atoms with E-state index in [-0.39, 0.29) is 5.91 Å². The van der Waals surface area contributed by atoms with Crippen molar-refractivity contribution in [3.63, 3.8) is 0 Å². The maximum atomic E-state index is 10.5. The lowest BCUT2D eigenvalue weighted by molar-refractivity contribution is -0.141. The molecule has 0 saturated carbocycles. The molecule has 5 nitrogen and oxygen atoms in total. The molecule has 70 valence electrons.